The zero-order valence-electron chi connectivity index (χ0n) is 18.9. The Bertz CT molecular complexity index is 1080. The molecule has 2 aromatic heterocycles. The number of ether oxygens (including phenoxy) is 2. The van der Waals surface area contributed by atoms with Gasteiger partial charge in [0.1, 0.15) is 17.4 Å². The molecule has 3 aromatic rings. The van der Waals surface area contributed by atoms with Crippen molar-refractivity contribution >= 4 is 16.7 Å². The van der Waals surface area contributed by atoms with Gasteiger partial charge in [0.2, 0.25) is 0 Å². The molecular weight excluding hydrogens is 407 g/mol. The van der Waals surface area contributed by atoms with Crippen LogP contribution in [0.25, 0.3) is 22.2 Å². The summed E-state index contributed by atoms with van der Waals surface area (Å²) in [6, 6.07) is 8.97. The van der Waals surface area contributed by atoms with Crippen molar-refractivity contribution in [3.8, 4) is 17.0 Å². The Morgan fingerprint density at radius 1 is 1.09 bits per heavy atom. The number of fused-ring (bicyclic) bond motifs is 1. The molecule has 2 aliphatic rings. The van der Waals surface area contributed by atoms with Crippen molar-refractivity contribution < 1.29 is 13.9 Å². The van der Waals surface area contributed by atoms with Gasteiger partial charge in [0.25, 0.3) is 0 Å². The van der Waals surface area contributed by atoms with Crippen LogP contribution in [0.1, 0.15) is 12.8 Å². The second-order valence-electron chi connectivity index (χ2n) is 8.92. The summed E-state index contributed by atoms with van der Waals surface area (Å²) in [6.45, 7) is 6.33. The highest BCUT2D eigenvalue weighted by Gasteiger charge is 2.22. The van der Waals surface area contributed by atoms with Gasteiger partial charge < -0.3 is 23.8 Å². The maximum Gasteiger partial charge on any atom is 0.138 e. The fraction of sp³-hybridized carbons (Fsp3) is 0.480. The number of piperidine rings is 1. The second kappa shape index (κ2) is 9.08. The lowest BCUT2D eigenvalue weighted by Gasteiger charge is -2.30. The van der Waals surface area contributed by atoms with Gasteiger partial charge in [-0.2, -0.15) is 0 Å². The Balaban J connectivity index is 1.59. The molecule has 1 aromatic carbocycles. The average Bonchev–Trinajstić information content (AvgIpc) is 3.23. The number of pyridine rings is 1. The van der Waals surface area contributed by atoms with E-state index >= 15 is 0 Å². The predicted octanol–water partition coefficient (Wildman–Crippen LogP) is 4.03. The van der Waals surface area contributed by atoms with Crippen molar-refractivity contribution in [1.82, 2.24) is 14.5 Å². The lowest BCUT2D eigenvalue weighted by atomic mass is 9.97. The van der Waals surface area contributed by atoms with Gasteiger partial charge in [-0.15, -0.1) is 0 Å². The van der Waals surface area contributed by atoms with Crippen molar-refractivity contribution in [3.05, 3.63) is 42.3 Å². The minimum atomic E-state index is -0.314. The number of morpholine rings is 1. The number of aromatic nitrogens is 2. The van der Waals surface area contributed by atoms with Crippen LogP contribution in [-0.4, -0.2) is 68.0 Å². The number of nitrogens with zero attached hydrogens (tertiary/aromatic N) is 4. The Labute approximate surface area is 188 Å². The number of halogens is 1. The third-order valence-electron chi connectivity index (χ3n) is 6.79. The standard InChI is InChI=1S/C25H31FN4O2/c1-28-8-5-18(6-9-28)17-30-10-7-21-23(30)16-22(20-4-3-19(26)15-24(20)31-2)27-25(21)29-11-13-32-14-12-29/h3-4,7,10,15-16,18H,5-6,8-9,11-14,17H2,1-2H3. The first-order valence-electron chi connectivity index (χ1n) is 11.5. The van der Waals surface area contributed by atoms with E-state index in [0.717, 1.165) is 55.2 Å². The lowest BCUT2D eigenvalue weighted by molar-refractivity contribution is 0.122. The summed E-state index contributed by atoms with van der Waals surface area (Å²) >= 11 is 0. The van der Waals surface area contributed by atoms with E-state index in [4.69, 9.17) is 14.5 Å². The summed E-state index contributed by atoms with van der Waals surface area (Å²) in [5.41, 5.74) is 2.78. The average molecular weight is 439 g/mol. The fourth-order valence-electron chi connectivity index (χ4n) is 4.88. The molecule has 0 aliphatic carbocycles. The van der Waals surface area contributed by atoms with Gasteiger partial charge in [0, 0.05) is 42.8 Å². The number of anilines is 1. The molecule has 0 unspecified atom stereocenters. The molecule has 0 radical (unpaired) electrons. The van der Waals surface area contributed by atoms with Crippen LogP contribution in [0, 0.1) is 11.7 Å². The van der Waals surface area contributed by atoms with Crippen molar-refractivity contribution in [3.63, 3.8) is 0 Å². The molecule has 7 heteroatoms. The molecule has 0 amide bonds. The van der Waals surface area contributed by atoms with E-state index in [1.54, 1.807) is 13.2 Å². The topological polar surface area (TPSA) is 42.8 Å². The van der Waals surface area contributed by atoms with E-state index in [1.165, 1.54) is 30.5 Å². The quantitative estimate of drug-likeness (QED) is 0.602. The van der Waals surface area contributed by atoms with Gasteiger partial charge in [-0.25, -0.2) is 9.37 Å². The van der Waals surface area contributed by atoms with Crippen LogP contribution >= 0.6 is 0 Å². The van der Waals surface area contributed by atoms with Gasteiger partial charge in [-0.3, -0.25) is 0 Å². The number of methoxy groups -OCH3 is 1. The fourth-order valence-corrected chi connectivity index (χ4v) is 4.88. The molecule has 4 heterocycles. The van der Waals surface area contributed by atoms with Gasteiger partial charge >= 0.3 is 0 Å². The van der Waals surface area contributed by atoms with Crippen LogP contribution in [0.15, 0.2) is 36.5 Å². The van der Waals surface area contributed by atoms with E-state index in [9.17, 15) is 4.39 Å². The Morgan fingerprint density at radius 2 is 1.88 bits per heavy atom. The Hall–Kier alpha value is -2.64. The maximum atomic E-state index is 13.8. The minimum absolute atomic E-state index is 0.314. The summed E-state index contributed by atoms with van der Waals surface area (Å²) in [5, 5.41) is 1.16. The summed E-state index contributed by atoms with van der Waals surface area (Å²) in [5.74, 6) is 1.82. The van der Waals surface area contributed by atoms with E-state index in [1.807, 2.05) is 0 Å². The van der Waals surface area contributed by atoms with Crippen LogP contribution in [0.4, 0.5) is 10.2 Å². The molecule has 32 heavy (non-hydrogen) atoms. The first-order chi connectivity index (χ1) is 15.6. The van der Waals surface area contributed by atoms with Crippen molar-refractivity contribution in [1.29, 1.82) is 0 Å². The third-order valence-corrected chi connectivity index (χ3v) is 6.79. The number of benzene rings is 1. The lowest BCUT2D eigenvalue weighted by Crippen LogP contribution is -2.36. The zero-order chi connectivity index (χ0) is 22.1. The summed E-state index contributed by atoms with van der Waals surface area (Å²) in [7, 11) is 3.77. The number of hydrogen-bond donors (Lipinski definition) is 0. The zero-order valence-corrected chi connectivity index (χ0v) is 18.9. The molecular formula is C25H31FN4O2. The van der Waals surface area contributed by atoms with Crippen LogP contribution in [0.5, 0.6) is 5.75 Å². The van der Waals surface area contributed by atoms with Crippen LogP contribution in [0.3, 0.4) is 0 Å². The van der Waals surface area contributed by atoms with E-state index in [-0.39, 0.29) is 5.82 Å². The molecule has 2 aliphatic heterocycles. The first kappa shape index (κ1) is 21.2. The molecule has 0 atom stereocenters. The summed E-state index contributed by atoms with van der Waals surface area (Å²) in [4.78, 5) is 9.75. The third kappa shape index (κ3) is 4.19. The number of hydrogen-bond acceptors (Lipinski definition) is 5. The molecule has 2 fully saturated rings. The van der Waals surface area contributed by atoms with E-state index in [2.05, 4.69) is 39.7 Å². The van der Waals surface area contributed by atoms with Crippen LogP contribution in [0.2, 0.25) is 0 Å². The monoisotopic (exact) mass is 438 g/mol. The predicted molar refractivity (Wildman–Crippen MR) is 125 cm³/mol. The van der Waals surface area contributed by atoms with Gasteiger partial charge in [-0.05, 0) is 63.2 Å². The smallest absolute Gasteiger partial charge is 0.138 e. The molecule has 6 nitrogen and oxygen atoms in total. The number of rotatable bonds is 5. The molecule has 0 bridgehead atoms. The Morgan fingerprint density at radius 3 is 2.62 bits per heavy atom. The second-order valence-corrected chi connectivity index (χ2v) is 8.92. The van der Waals surface area contributed by atoms with Gasteiger partial charge in [0.05, 0.1) is 31.5 Å². The molecule has 5 rings (SSSR count). The van der Waals surface area contributed by atoms with Crippen LogP contribution < -0.4 is 9.64 Å². The first-order valence-corrected chi connectivity index (χ1v) is 11.5. The minimum Gasteiger partial charge on any atom is -0.496 e. The van der Waals surface area contributed by atoms with Gasteiger partial charge in [0.15, 0.2) is 0 Å². The largest absolute Gasteiger partial charge is 0.496 e. The molecule has 2 saturated heterocycles. The molecule has 0 N–H and O–H groups in total. The summed E-state index contributed by atoms with van der Waals surface area (Å²) in [6.07, 6.45) is 4.63. The van der Waals surface area contributed by atoms with E-state index in [0.29, 0.717) is 24.9 Å². The van der Waals surface area contributed by atoms with Crippen LogP contribution in [-0.2, 0) is 11.3 Å². The van der Waals surface area contributed by atoms with Crippen molar-refractivity contribution in [2.75, 3.05) is 58.5 Å². The molecule has 170 valence electrons. The maximum absolute atomic E-state index is 13.8. The highest BCUT2D eigenvalue weighted by Crippen LogP contribution is 2.36. The SMILES string of the molecule is COc1cc(F)ccc1-c1cc2c(ccn2CC2CCN(C)CC2)c(N2CCOCC2)n1. The highest BCUT2D eigenvalue weighted by atomic mass is 19.1. The van der Waals surface area contributed by atoms with E-state index < -0.39 is 0 Å². The molecule has 0 saturated carbocycles. The van der Waals surface area contributed by atoms with Gasteiger partial charge in [-0.1, -0.05) is 0 Å². The highest BCUT2D eigenvalue weighted by molar-refractivity contribution is 5.94. The normalized spacial score (nSPS) is 18.4. The van der Waals surface area contributed by atoms with Crippen molar-refractivity contribution in [2.24, 2.45) is 5.92 Å². The van der Waals surface area contributed by atoms with Crippen molar-refractivity contribution in [2.45, 2.75) is 19.4 Å². The summed E-state index contributed by atoms with van der Waals surface area (Å²) < 4.78 is 27.3. The molecule has 0 spiro atoms. The number of likely N-dealkylation sites (tertiary alicyclic amines) is 1. The Kier molecular flexibility index (Phi) is 6.02.